The molecule has 0 saturated carbocycles. The molecule has 3 aromatic rings. The van der Waals surface area contributed by atoms with Crippen LogP contribution in [0.3, 0.4) is 0 Å². The molecule has 4 nitrogen and oxygen atoms in total. The fourth-order valence-corrected chi connectivity index (χ4v) is 3.60. The van der Waals surface area contributed by atoms with Crippen molar-refractivity contribution >= 4 is 58.2 Å². The predicted molar refractivity (Wildman–Crippen MR) is 133 cm³/mol. The number of nitrogens with one attached hydrogen (secondary N) is 2. The van der Waals surface area contributed by atoms with E-state index in [1.54, 1.807) is 36.4 Å². The Balaban J connectivity index is 1.55. The number of rotatable bonds is 6. The van der Waals surface area contributed by atoms with Gasteiger partial charge in [-0.2, -0.15) is 0 Å². The number of amides is 1. The van der Waals surface area contributed by atoms with E-state index in [0.717, 1.165) is 17.7 Å². The summed E-state index contributed by atoms with van der Waals surface area (Å²) < 4.78 is 5.74. The van der Waals surface area contributed by atoms with Crippen LogP contribution in [0, 0.1) is 0 Å². The highest BCUT2D eigenvalue weighted by molar-refractivity contribution is 7.80. The van der Waals surface area contributed by atoms with Crippen LogP contribution in [0.1, 0.15) is 37.5 Å². The topological polar surface area (TPSA) is 54.3 Å². The SMILES string of the molecule is CCC(C)c1ccc(NC(=S)NC(=O)/C=C/c2ccc(-c3ccc(Cl)cc3Cl)o2)cc1. The quantitative estimate of drug-likeness (QED) is 0.292. The van der Waals surface area contributed by atoms with Crippen molar-refractivity contribution in [3.8, 4) is 11.3 Å². The second-order valence-corrected chi connectivity index (χ2v) is 8.29. The maximum Gasteiger partial charge on any atom is 0.250 e. The van der Waals surface area contributed by atoms with Gasteiger partial charge in [0.2, 0.25) is 5.91 Å². The highest BCUT2D eigenvalue weighted by Gasteiger charge is 2.09. The smallest absolute Gasteiger partial charge is 0.250 e. The van der Waals surface area contributed by atoms with Crippen LogP contribution in [-0.2, 0) is 4.79 Å². The van der Waals surface area contributed by atoms with E-state index in [0.29, 0.717) is 27.5 Å². The van der Waals surface area contributed by atoms with Gasteiger partial charge in [0.1, 0.15) is 11.5 Å². The highest BCUT2D eigenvalue weighted by atomic mass is 35.5. The molecule has 0 aliphatic carbocycles. The molecule has 7 heteroatoms. The minimum absolute atomic E-state index is 0.221. The van der Waals surface area contributed by atoms with Gasteiger partial charge >= 0.3 is 0 Å². The summed E-state index contributed by atoms with van der Waals surface area (Å²) in [5, 5.41) is 6.89. The number of benzene rings is 2. The summed E-state index contributed by atoms with van der Waals surface area (Å²) in [6.45, 7) is 4.34. The number of halogens is 2. The summed E-state index contributed by atoms with van der Waals surface area (Å²) >= 11 is 17.4. The molecular formula is C24H22Cl2N2O2S. The first kappa shape index (κ1) is 23.1. The molecule has 3 rings (SSSR count). The van der Waals surface area contributed by atoms with E-state index in [2.05, 4.69) is 36.6 Å². The third kappa shape index (κ3) is 6.44. The number of carbonyl (C=O) groups excluding carboxylic acids is 1. The number of hydrogen-bond acceptors (Lipinski definition) is 3. The molecule has 0 saturated heterocycles. The first-order chi connectivity index (χ1) is 14.9. The van der Waals surface area contributed by atoms with Gasteiger partial charge in [-0.25, -0.2) is 0 Å². The second kappa shape index (κ2) is 10.6. The van der Waals surface area contributed by atoms with Crippen molar-refractivity contribution in [2.24, 2.45) is 0 Å². The van der Waals surface area contributed by atoms with Crippen LogP contribution in [0.15, 0.2) is 65.1 Å². The van der Waals surface area contributed by atoms with Gasteiger partial charge in [0.05, 0.1) is 5.02 Å². The molecule has 0 bridgehead atoms. The van der Waals surface area contributed by atoms with Crippen LogP contribution in [0.5, 0.6) is 0 Å². The molecule has 0 spiro atoms. The van der Waals surface area contributed by atoms with E-state index in [4.69, 9.17) is 39.8 Å². The molecule has 1 unspecified atom stereocenters. The van der Waals surface area contributed by atoms with Gasteiger partial charge in [0.25, 0.3) is 0 Å². The average molecular weight is 473 g/mol. The lowest BCUT2D eigenvalue weighted by molar-refractivity contribution is -0.115. The predicted octanol–water partition coefficient (Wildman–Crippen LogP) is 7.29. The Hall–Kier alpha value is -2.60. The zero-order valence-corrected chi connectivity index (χ0v) is 19.4. The minimum atomic E-state index is -0.365. The zero-order chi connectivity index (χ0) is 22.4. The summed E-state index contributed by atoms with van der Waals surface area (Å²) in [4.78, 5) is 12.2. The molecule has 160 valence electrons. The Morgan fingerprint density at radius 1 is 1.13 bits per heavy atom. The number of furan rings is 1. The van der Waals surface area contributed by atoms with Gasteiger partial charge in [0, 0.05) is 22.3 Å². The number of thiocarbonyl (C=S) groups is 1. The van der Waals surface area contributed by atoms with Crippen molar-refractivity contribution in [2.45, 2.75) is 26.2 Å². The molecule has 2 N–H and O–H groups in total. The van der Waals surface area contributed by atoms with E-state index >= 15 is 0 Å². The Labute approximate surface area is 197 Å². The molecule has 0 fully saturated rings. The normalized spacial score (nSPS) is 12.0. The van der Waals surface area contributed by atoms with Crippen LogP contribution >= 0.6 is 35.4 Å². The molecule has 31 heavy (non-hydrogen) atoms. The van der Waals surface area contributed by atoms with Crippen molar-refractivity contribution in [3.63, 3.8) is 0 Å². The molecule has 1 amide bonds. The van der Waals surface area contributed by atoms with Crippen LogP contribution < -0.4 is 10.6 Å². The highest BCUT2D eigenvalue weighted by Crippen LogP contribution is 2.31. The Morgan fingerprint density at radius 3 is 2.55 bits per heavy atom. The third-order valence-corrected chi connectivity index (χ3v) is 5.56. The van der Waals surface area contributed by atoms with Crippen molar-refractivity contribution in [1.29, 1.82) is 0 Å². The second-order valence-electron chi connectivity index (χ2n) is 7.03. The van der Waals surface area contributed by atoms with Crippen LogP contribution in [0.4, 0.5) is 5.69 Å². The number of anilines is 1. The first-order valence-corrected chi connectivity index (χ1v) is 11.0. The molecule has 0 aliphatic heterocycles. The van der Waals surface area contributed by atoms with Gasteiger partial charge in [-0.05, 0) is 78.7 Å². The lowest BCUT2D eigenvalue weighted by atomic mass is 9.99. The minimum Gasteiger partial charge on any atom is -0.457 e. The molecule has 2 aromatic carbocycles. The molecule has 1 atom stereocenters. The lowest BCUT2D eigenvalue weighted by Gasteiger charge is -2.11. The molecule has 0 aliphatic rings. The summed E-state index contributed by atoms with van der Waals surface area (Å²) in [6.07, 6.45) is 4.00. The van der Waals surface area contributed by atoms with Crippen molar-refractivity contribution in [3.05, 3.63) is 82.0 Å². The summed E-state index contributed by atoms with van der Waals surface area (Å²) in [5.74, 6) is 1.23. The monoisotopic (exact) mass is 472 g/mol. The van der Waals surface area contributed by atoms with Gasteiger partial charge in [-0.1, -0.05) is 49.2 Å². The van der Waals surface area contributed by atoms with Gasteiger partial charge < -0.3 is 9.73 Å². The fraction of sp³-hybridized carbons (Fsp3) is 0.167. The maximum atomic E-state index is 12.2. The van der Waals surface area contributed by atoms with Crippen LogP contribution in [0.2, 0.25) is 10.0 Å². The fourth-order valence-electron chi connectivity index (χ4n) is 2.88. The van der Waals surface area contributed by atoms with E-state index < -0.39 is 0 Å². The Bertz CT molecular complexity index is 1110. The van der Waals surface area contributed by atoms with Crippen LogP contribution in [-0.4, -0.2) is 11.0 Å². The number of carbonyl (C=O) groups is 1. The Kier molecular flexibility index (Phi) is 7.91. The van der Waals surface area contributed by atoms with Crippen molar-refractivity contribution in [2.75, 3.05) is 5.32 Å². The van der Waals surface area contributed by atoms with Gasteiger partial charge in [0.15, 0.2) is 5.11 Å². The summed E-state index contributed by atoms with van der Waals surface area (Å²) in [6, 6.07) is 16.7. The lowest BCUT2D eigenvalue weighted by Crippen LogP contribution is -2.32. The van der Waals surface area contributed by atoms with Crippen molar-refractivity contribution in [1.82, 2.24) is 5.32 Å². The average Bonchev–Trinajstić information content (AvgIpc) is 3.21. The molecule has 1 heterocycles. The van der Waals surface area contributed by atoms with Gasteiger partial charge in [-0.15, -0.1) is 0 Å². The summed E-state index contributed by atoms with van der Waals surface area (Å²) in [5.41, 5.74) is 2.81. The number of hydrogen-bond donors (Lipinski definition) is 2. The summed E-state index contributed by atoms with van der Waals surface area (Å²) in [7, 11) is 0. The van der Waals surface area contributed by atoms with E-state index in [1.165, 1.54) is 11.6 Å². The van der Waals surface area contributed by atoms with E-state index in [9.17, 15) is 4.79 Å². The zero-order valence-electron chi connectivity index (χ0n) is 17.1. The van der Waals surface area contributed by atoms with Gasteiger partial charge in [-0.3, -0.25) is 10.1 Å². The third-order valence-electron chi connectivity index (χ3n) is 4.81. The Morgan fingerprint density at radius 2 is 1.87 bits per heavy atom. The largest absolute Gasteiger partial charge is 0.457 e. The molecule has 0 radical (unpaired) electrons. The standard InChI is InChI=1S/C24H22Cl2N2O2S/c1-3-15(2)16-4-7-18(8-5-16)27-24(31)28-23(29)13-10-19-9-12-22(30-19)20-11-6-17(25)14-21(20)26/h4-15H,3H2,1-2H3,(H2,27,28,29,31)/b13-10+. The van der Waals surface area contributed by atoms with Crippen molar-refractivity contribution < 1.29 is 9.21 Å². The maximum absolute atomic E-state index is 12.2. The van der Waals surface area contributed by atoms with E-state index in [1.807, 2.05) is 12.1 Å². The molecular weight excluding hydrogens is 451 g/mol. The molecule has 1 aromatic heterocycles. The van der Waals surface area contributed by atoms with Crippen LogP contribution in [0.25, 0.3) is 17.4 Å². The first-order valence-electron chi connectivity index (χ1n) is 9.81. The van der Waals surface area contributed by atoms with E-state index in [-0.39, 0.29) is 11.0 Å².